The molecular formula is C15H23N3O17P2. The molecule has 1 amide bonds. The van der Waals surface area contributed by atoms with E-state index in [0.717, 1.165) is 12.3 Å². The van der Waals surface area contributed by atoms with Gasteiger partial charge < -0.3 is 50.5 Å². The number of hydrogen-bond acceptors (Lipinski definition) is 15. The molecule has 0 aromatic carbocycles. The van der Waals surface area contributed by atoms with Gasteiger partial charge in [0.25, 0.3) is 5.56 Å². The van der Waals surface area contributed by atoms with Gasteiger partial charge in [0.1, 0.15) is 36.6 Å². The first-order valence-electron chi connectivity index (χ1n) is 10.0. The van der Waals surface area contributed by atoms with Crippen LogP contribution in [0.2, 0.25) is 0 Å². The van der Waals surface area contributed by atoms with Crippen LogP contribution in [-0.2, 0) is 36.8 Å². The Morgan fingerprint density at radius 1 is 1.00 bits per heavy atom. The quantitative estimate of drug-likeness (QED) is 0.123. The minimum absolute atomic E-state index is 0.709. The molecule has 0 saturated carbocycles. The molecular weight excluding hydrogens is 556 g/mol. The lowest BCUT2D eigenvalue weighted by molar-refractivity contribution is -0.269. The molecule has 210 valence electrons. The van der Waals surface area contributed by atoms with E-state index >= 15 is 0 Å². The summed E-state index contributed by atoms with van der Waals surface area (Å²) in [5.41, 5.74) is 3.18. The maximum absolute atomic E-state index is 12.2. The van der Waals surface area contributed by atoms with Crippen LogP contribution in [0, 0.1) is 0 Å². The number of carbonyl (C=O) groups excluding carboxylic acids is 1. The van der Waals surface area contributed by atoms with Crippen molar-refractivity contribution >= 4 is 21.6 Å². The third-order valence-corrected chi connectivity index (χ3v) is 7.76. The number of aromatic nitrogens is 2. The highest BCUT2D eigenvalue weighted by atomic mass is 31.3. The van der Waals surface area contributed by atoms with E-state index in [9.17, 15) is 58.8 Å². The number of H-pyrrole nitrogens is 1. The average Bonchev–Trinajstić information content (AvgIpc) is 3.05. The van der Waals surface area contributed by atoms with Crippen LogP contribution >= 0.6 is 15.6 Å². The molecule has 11 atom stereocenters. The number of nitrogens with two attached hydrogens (primary N) is 1. The maximum Gasteiger partial charge on any atom is 0.483 e. The normalized spacial score (nSPS) is 37.5. The summed E-state index contributed by atoms with van der Waals surface area (Å²) in [6, 6.07) is 0.917. The van der Waals surface area contributed by atoms with E-state index < -0.39 is 94.7 Å². The number of phosphoric acid groups is 2. The molecule has 1 aromatic heterocycles. The Labute approximate surface area is 204 Å². The summed E-state index contributed by atoms with van der Waals surface area (Å²) in [6.45, 7) is -1.06. The molecule has 3 rings (SSSR count). The van der Waals surface area contributed by atoms with Gasteiger partial charge in [-0.3, -0.25) is 28.2 Å². The number of aliphatic hydroxyl groups excluding tert-OH is 5. The van der Waals surface area contributed by atoms with Gasteiger partial charge in [0.15, 0.2) is 18.6 Å². The van der Waals surface area contributed by atoms with E-state index in [2.05, 4.69) is 13.4 Å². The van der Waals surface area contributed by atoms with Crippen molar-refractivity contribution in [3.63, 3.8) is 0 Å². The van der Waals surface area contributed by atoms with Crippen molar-refractivity contribution in [3.05, 3.63) is 33.1 Å². The van der Waals surface area contributed by atoms with Gasteiger partial charge in [0, 0.05) is 12.3 Å². The zero-order valence-corrected chi connectivity index (χ0v) is 20.0. The molecule has 2 aliphatic heterocycles. The minimum atomic E-state index is -5.68. The first kappa shape index (κ1) is 29.7. The Kier molecular flexibility index (Phi) is 8.89. The van der Waals surface area contributed by atoms with Crippen molar-refractivity contribution in [1.82, 2.24) is 9.55 Å². The molecule has 22 heteroatoms. The van der Waals surface area contributed by atoms with Crippen molar-refractivity contribution in [2.45, 2.75) is 55.2 Å². The van der Waals surface area contributed by atoms with E-state index in [-0.39, 0.29) is 0 Å². The number of aromatic amines is 1. The van der Waals surface area contributed by atoms with Gasteiger partial charge in [-0.15, -0.1) is 0 Å². The fraction of sp³-hybridized carbons (Fsp3) is 0.667. The fourth-order valence-electron chi connectivity index (χ4n) is 3.37. The molecule has 2 saturated heterocycles. The maximum atomic E-state index is 12.2. The topological polar surface area (TPSA) is 320 Å². The number of ether oxygens (including phenoxy) is 2. The molecule has 1 aromatic rings. The molecule has 9 unspecified atom stereocenters. The Bertz CT molecular complexity index is 1200. The number of rotatable bonds is 9. The lowest BCUT2D eigenvalue weighted by atomic mass is 9.99. The Balaban J connectivity index is 1.63. The highest BCUT2D eigenvalue weighted by molar-refractivity contribution is 7.61. The van der Waals surface area contributed by atoms with Gasteiger partial charge in [0.05, 0.1) is 6.61 Å². The van der Waals surface area contributed by atoms with Crippen LogP contribution in [0.3, 0.4) is 0 Å². The number of primary amides is 1. The van der Waals surface area contributed by atoms with Crippen LogP contribution in [0.5, 0.6) is 0 Å². The lowest BCUT2D eigenvalue weighted by Gasteiger charge is -2.38. The van der Waals surface area contributed by atoms with Gasteiger partial charge >= 0.3 is 21.3 Å². The number of amides is 1. The molecule has 37 heavy (non-hydrogen) atoms. The number of hydrogen-bond donors (Lipinski definition) is 9. The summed E-state index contributed by atoms with van der Waals surface area (Å²) < 4.78 is 47.9. The summed E-state index contributed by atoms with van der Waals surface area (Å²) in [6.07, 6.45) is -16.6. The van der Waals surface area contributed by atoms with Gasteiger partial charge in [-0.05, 0) is 0 Å². The average molecular weight is 579 g/mol. The summed E-state index contributed by atoms with van der Waals surface area (Å²) in [4.78, 5) is 55.8. The monoisotopic (exact) mass is 579 g/mol. The molecule has 0 bridgehead atoms. The third-order valence-electron chi connectivity index (χ3n) is 5.16. The molecule has 2 fully saturated rings. The number of nitrogens with zero attached hydrogens (tertiary/aromatic N) is 1. The van der Waals surface area contributed by atoms with Crippen molar-refractivity contribution in [1.29, 1.82) is 0 Å². The van der Waals surface area contributed by atoms with Crippen molar-refractivity contribution in [2.24, 2.45) is 5.73 Å². The van der Waals surface area contributed by atoms with E-state index in [1.165, 1.54) is 0 Å². The van der Waals surface area contributed by atoms with Crippen molar-refractivity contribution in [2.75, 3.05) is 6.61 Å². The molecule has 0 spiro atoms. The summed E-state index contributed by atoms with van der Waals surface area (Å²) in [7, 11) is -11.2. The zero-order chi connectivity index (χ0) is 27.9. The van der Waals surface area contributed by atoms with Gasteiger partial charge in [-0.25, -0.2) is 13.9 Å². The van der Waals surface area contributed by atoms with E-state index in [1.54, 1.807) is 0 Å². The standard InChI is InChI=1S/C15H23N3O17P2/c16-12(25)11-8(22)7(21)10(24)14(33-11)34-37(29,30)35-36(27,28)31-3-4-6(20)9(23)13(32-4)18-2-1-5(19)17-15(18)26/h1-2,4,6-11,13-14,20-24H,3H2,(H2,16,25)(H,27,28)(H,29,30)(H,17,19,26)/t4?,6?,7?,8-,9?,10?,11?,13?,14-/m1/s1. The SMILES string of the molecule is NC(=O)C1O[C@H](OP(=O)(O)OP(=O)(O)OCC2OC(n3ccc(=O)[nH]c3=O)C(O)C2O)C(O)C(O)[C@H]1O. The van der Waals surface area contributed by atoms with Gasteiger partial charge in [0.2, 0.25) is 5.91 Å². The van der Waals surface area contributed by atoms with Crippen LogP contribution in [0.1, 0.15) is 6.23 Å². The molecule has 0 aliphatic carbocycles. The summed E-state index contributed by atoms with van der Waals surface area (Å²) in [5, 5.41) is 49.5. The second-order valence-electron chi connectivity index (χ2n) is 7.78. The Hall–Kier alpha value is -1.87. The van der Waals surface area contributed by atoms with Gasteiger partial charge in [-0.2, -0.15) is 4.31 Å². The van der Waals surface area contributed by atoms with Crippen LogP contribution in [-0.4, -0.2) is 106 Å². The summed E-state index contributed by atoms with van der Waals surface area (Å²) in [5.74, 6) is -1.35. The minimum Gasteiger partial charge on any atom is -0.387 e. The zero-order valence-electron chi connectivity index (χ0n) is 18.2. The number of phosphoric ester groups is 2. The van der Waals surface area contributed by atoms with Crippen LogP contribution in [0.15, 0.2) is 21.9 Å². The molecule has 20 nitrogen and oxygen atoms in total. The second kappa shape index (κ2) is 11.1. The smallest absolute Gasteiger partial charge is 0.387 e. The second-order valence-corrected chi connectivity index (χ2v) is 10.8. The van der Waals surface area contributed by atoms with Crippen molar-refractivity contribution < 1.29 is 72.1 Å². The molecule has 10 N–H and O–H groups in total. The van der Waals surface area contributed by atoms with Crippen LogP contribution < -0.4 is 17.0 Å². The van der Waals surface area contributed by atoms with E-state index in [0.29, 0.717) is 4.57 Å². The highest BCUT2D eigenvalue weighted by Crippen LogP contribution is 2.61. The van der Waals surface area contributed by atoms with E-state index in [1.807, 2.05) is 4.98 Å². The van der Waals surface area contributed by atoms with E-state index in [4.69, 9.17) is 15.2 Å². The number of carbonyl (C=O) groups is 1. The fourth-order valence-corrected chi connectivity index (χ4v) is 5.52. The van der Waals surface area contributed by atoms with Gasteiger partial charge in [-0.1, -0.05) is 0 Å². The highest BCUT2D eigenvalue weighted by Gasteiger charge is 2.51. The first-order chi connectivity index (χ1) is 17.0. The first-order valence-corrected chi connectivity index (χ1v) is 13.0. The summed E-state index contributed by atoms with van der Waals surface area (Å²) >= 11 is 0. The molecule has 0 radical (unpaired) electrons. The Morgan fingerprint density at radius 3 is 2.24 bits per heavy atom. The molecule has 3 heterocycles. The van der Waals surface area contributed by atoms with Crippen molar-refractivity contribution in [3.8, 4) is 0 Å². The largest absolute Gasteiger partial charge is 0.483 e. The number of nitrogens with one attached hydrogen (secondary N) is 1. The third kappa shape index (κ3) is 6.77. The lowest BCUT2D eigenvalue weighted by Crippen LogP contribution is -2.61. The molecule has 2 aliphatic rings. The predicted molar refractivity (Wildman–Crippen MR) is 111 cm³/mol. The predicted octanol–water partition coefficient (Wildman–Crippen LogP) is -5.30. The Morgan fingerprint density at radius 2 is 1.65 bits per heavy atom. The van der Waals surface area contributed by atoms with Crippen LogP contribution in [0.4, 0.5) is 0 Å². The van der Waals surface area contributed by atoms with Crippen LogP contribution in [0.25, 0.3) is 0 Å². The number of aliphatic hydroxyl groups is 5.